The molecule has 0 saturated carbocycles. The SMILES string of the molecule is CCCCCCCCCCCCC(CC)(CC)c1coc(=O)[nH]1. The third-order valence-corrected chi connectivity index (χ3v) is 5.45. The average Bonchev–Trinajstić information content (AvgIpc) is 3.00. The van der Waals surface area contributed by atoms with E-state index in [-0.39, 0.29) is 11.2 Å². The predicted octanol–water partition coefficient (Wildman–Crippen LogP) is 6.34. The van der Waals surface area contributed by atoms with Gasteiger partial charge in [-0.3, -0.25) is 4.98 Å². The summed E-state index contributed by atoms with van der Waals surface area (Å²) in [5.41, 5.74) is 1.08. The highest BCUT2D eigenvalue weighted by atomic mass is 16.4. The Labute approximate surface area is 142 Å². The second-order valence-electron chi connectivity index (χ2n) is 6.98. The fourth-order valence-corrected chi connectivity index (χ4v) is 3.61. The number of hydrogen-bond donors (Lipinski definition) is 1. The van der Waals surface area contributed by atoms with Crippen LogP contribution >= 0.6 is 0 Å². The lowest BCUT2D eigenvalue weighted by molar-refractivity contribution is 0.338. The zero-order valence-electron chi connectivity index (χ0n) is 15.6. The molecule has 1 rings (SSSR count). The Morgan fingerprint density at radius 1 is 0.870 bits per heavy atom. The van der Waals surface area contributed by atoms with Gasteiger partial charge in [0.05, 0.1) is 5.69 Å². The van der Waals surface area contributed by atoms with Crippen molar-refractivity contribution in [2.24, 2.45) is 0 Å². The van der Waals surface area contributed by atoms with E-state index in [9.17, 15) is 4.79 Å². The van der Waals surface area contributed by atoms with E-state index < -0.39 is 0 Å². The van der Waals surface area contributed by atoms with Gasteiger partial charge in [0.2, 0.25) is 0 Å². The molecule has 0 aliphatic heterocycles. The number of rotatable bonds is 14. The maximum atomic E-state index is 11.3. The van der Waals surface area contributed by atoms with E-state index in [1.54, 1.807) is 6.26 Å². The predicted molar refractivity (Wildman–Crippen MR) is 98.0 cm³/mol. The van der Waals surface area contributed by atoms with Gasteiger partial charge in [-0.25, -0.2) is 4.79 Å². The smallest absolute Gasteiger partial charge is 0.416 e. The van der Waals surface area contributed by atoms with Crippen LogP contribution in [0.25, 0.3) is 0 Å². The lowest BCUT2D eigenvalue weighted by atomic mass is 9.75. The van der Waals surface area contributed by atoms with Gasteiger partial charge in [0.25, 0.3) is 0 Å². The zero-order chi connectivity index (χ0) is 17.0. The minimum atomic E-state index is -0.325. The number of aromatic nitrogens is 1. The molecule has 0 radical (unpaired) electrons. The highest BCUT2D eigenvalue weighted by Gasteiger charge is 2.30. The molecule has 23 heavy (non-hydrogen) atoms. The van der Waals surface area contributed by atoms with Crippen LogP contribution in [0, 0.1) is 0 Å². The van der Waals surface area contributed by atoms with Crippen molar-refractivity contribution in [3.63, 3.8) is 0 Å². The maximum Gasteiger partial charge on any atom is 0.416 e. The van der Waals surface area contributed by atoms with Crippen molar-refractivity contribution in [3.8, 4) is 0 Å². The summed E-state index contributed by atoms with van der Waals surface area (Å²) < 4.78 is 4.96. The number of H-pyrrole nitrogens is 1. The number of unbranched alkanes of at least 4 members (excludes halogenated alkanes) is 9. The van der Waals surface area contributed by atoms with E-state index in [1.807, 2.05) is 0 Å². The summed E-state index contributed by atoms with van der Waals surface area (Å²) in [4.78, 5) is 14.2. The summed E-state index contributed by atoms with van der Waals surface area (Å²) in [6.07, 6.45) is 18.5. The zero-order valence-corrected chi connectivity index (χ0v) is 15.6. The molecule has 0 atom stereocenters. The molecule has 0 saturated heterocycles. The van der Waals surface area contributed by atoms with Crippen molar-refractivity contribution in [1.82, 2.24) is 4.98 Å². The van der Waals surface area contributed by atoms with Crippen LogP contribution in [0.2, 0.25) is 0 Å². The van der Waals surface area contributed by atoms with Gasteiger partial charge in [0, 0.05) is 5.41 Å². The van der Waals surface area contributed by atoms with Crippen LogP contribution in [0.4, 0.5) is 0 Å². The first-order valence-corrected chi connectivity index (χ1v) is 9.86. The molecule has 0 aliphatic rings. The summed E-state index contributed by atoms with van der Waals surface area (Å²) in [6.45, 7) is 6.70. The van der Waals surface area contributed by atoms with E-state index in [1.165, 1.54) is 64.2 Å². The summed E-state index contributed by atoms with van der Waals surface area (Å²) in [5, 5.41) is 0. The van der Waals surface area contributed by atoms with E-state index in [0.29, 0.717) is 0 Å². The highest BCUT2D eigenvalue weighted by Crippen LogP contribution is 2.35. The molecule has 0 aromatic carbocycles. The van der Waals surface area contributed by atoms with E-state index in [0.717, 1.165) is 25.0 Å². The lowest BCUT2D eigenvalue weighted by Gasteiger charge is -2.30. The quantitative estimate of drug-likeness (QED) is 0.406. The second kappa shape index (κ2) is 11.5. The summed E-state index contributed by atoms with van der Waals surface area (Å²) in [6, 6.07) is 0. The fourth-order valence-electron chi connectivity index (χ4n) is 3.61. The molecular weight excluding hydrogens is 286 g/mol. The van der Waals surface area contributed by atoms with E-state index in [2.05, 4.69) is 25.8 Å². The number of aromatic amines is 1. The fraction of sp³-hybridized carbons (Fsp3) is 0.850. The van der Waals surface area contributed by atoms with Crippen LogP contribution in [0.15, 0.2) is 15.5 Å². The first-order valence-electron chi connectivity index (χ1n) is 9.86. The number of oxazole rings is 1. The minimum absolute atomic E-state index is 0.0896. The van der Waals surface area contributed by atoms with Gasteiger partial charge in [-0.1, -0.05) is 85.0 Å². The molecule has 3 nitrogen and oxygen atoms in total. The molecule has 0 unspecified atom stereocenters. The molecule has 1 aromatic rings. The number of hydrogen-bond acceptors (Lipinski definition) is 2. The Hall–Kier alpha value is -0.990. The molecule has 3 heteroatoms. The third kappa shape index (κ3) is 6.97. The van der Waals surface area contributed by atoms with Crippen molar-refractivity contribution in [2.45, 2.75) is 110 Å². The second-order valence-corrected chi connectivity index (χ2v) is 6.98. The Kier molecular flexibility index (Phi) is 10.1. The third-order valence-electron chi connectivity index (χ3n) is 5.45. The molecule has 1 heterocycles. The van der Waals surface area contributed by atoms with Crippen molar-refractivity contribution >= 4 is 0 Å². The normalized spacial score (nSPS) is 12.0. The molecule has 0 bridgehead atoms. The molecule has 1 N–H and O–H groups in total. The van der Waals surface area contributed by atoms with Crippen LogP contribution in [0.5, 0.6) is 0 Å². The molecule has 0 aliphatic carbocycles. The molecule has 1 aromatic heterocycles. The summed E-state index contributed by atoms with van der Waals surface area (Å²) >= 11 is 0. The first-order chi connectivity index (χ1) is 11.2. The van der Waals surface area contributed by atoms with Crippen LogP contribution in [0.1, 0.15) is 110 Å². The van der Waals surface area contributed by atoms with Gasteiger partial charge in [0.1, 0.15) is 6.26 Å². The Morgan fingerprint density at radius 3 is 1.83 bits per heavy atom. The Morgan fingerprint density at radius 2 is 1.39 bits per heavy atom. The van der Waals surface area contributed by atoms with Crippen molar-refractivity contribution < 1.29 is 4.42 Å². The summed E-state index contributed by atoms with van der Waals surface area (Å²) in [5.74, 6) is -0.325. The minimum Gasteiger partial charge on any atom is -0.416 e. The van der Waals surface area contributed by atoms with Gasteiger partial charge in [-0.15, -0.1) is 0 Å². The van der Waals surface area contributed by atoms with E-state index in [4.69, 9.17) is 4.42 Å². The lowest BCUT2D eigenvalue weighted by Crippen LogP contribution is -2.25. The van der Waals surface area contributed by atoms with Gasteiger partial charge >= 0.3 is 5.76 Å². The van der Waals surface area contributed by atoms with E-state index >= 15 is 0 Å². The van der Waals surface area contributed by atoms with Crippen LogP contribution in [0.3, 0.4) is 0 Å². The average molecular weight is 324 g/mol. The molecule has 0 spiro atoms. The summed E-state index contributed by atoms with van der Waals surface area (Å²) in [7, 11) is 0. The molecule has 134 valence electrons. The number of nitrogens with one attached hydrogen (secondary N) is 1. The van der Waals surface area contributed by atoms with Crippen molar-refractivity contribution in [3.05, 3.63) is 22.5 Å². The maximum absolute atomic E-state index is 11.3. The Bertz CT molecular complexity index is 442. The van der Waals surface area contributed by atoms with Gasteiger partial charge in [-0.05, 0) is 19.3 Å². The van der Waals surface area contributed by atoms with Crippen LogP contribution in [-0.2, 0) is 5.41 Å². The molecular formula is C20H37NO2. The first kappa shape index (κ1) is 20.1. The largest absolute Gasteiger partial charge is 0.416 e. The van der Waals surface area contributed by atoms with Gasteiger partial charge in [0.15, 0.2) is 0 Å². The Balaban J connectivity index is 2.20. The standard InChI is InChI=1S/C20H37NO2/c1-4-7-8-9-10-11-12-13-14-15-16-20(5-2,6-3)18-17-23-19(22)21-18/h17H,4-16H2,1-3H3,(H,21,22). The molecule has 0 fully saturated rings. The van der Waals surface area contributed by atoms with Crippen LogP contribution in [-0.4, -0.2) is 4.98 Å². The van der Waals surface area contributed by atoms with Gasteiger partial charge in [-0.2, -0.15) is 0 Å². The highest BCUT2D eigenvalue weighted by molar-refractivity contribution is 5.11. The van der Waals surface area contributed by atoms with Crippen LogP contribution < -0.4 is 5.76 Å². The van der Waals surface area contributed by atoms with Gasteiger partial charge < -0.3 is 4.42 Å². The molecule has 0 amide bonds. The van der Waals surface area contributed by atoms with Crippen molar-refractivity contribution in [1.29, 1.82) is 0 Å². The monoisotopic (exact) mass is 323 g/mol. The van der Waals surface area contributed by atoms with Crippen molar-refractivity contribution in [2.75, 3.05) is 0 Å². The topological polar surface area (TPSA) is 46.0 Å².